The highest BCUT2D eigenvalue weighted by atomic mass is 32.2. The van der Waals surface area contributed by atoms with Gasteiger partial charge in [-0.05, 0) is 40.6 Å². The Morgan fingerprint density at radius 1 is 1.07 bits per heavy atom. The van der Waals surface area contributed by atoms with Crippen LogP contribution in [-0.2, 0) is 16.0 Å². The predicted molar refractivity (Wildman–Crippen MR) is 117 cm³/mol. The van der Waals surface area contributed by atoms with Crippen LogP contribution in [0.5, 0.6) is 5.75 Å². The highest BCUT2D eigenvalue weighted by Crippen LogP contribution is 2.24. The van der Waals surface area contributed by atoms with Crippen LogP contribution in [0, 0.1) is 0 Å². The molecule has 29 heavy (non-hydrogen) atoms. The maximum absolute atomic E-state index is 12.9. The van der Waals surface area contributed by atoms with Crippen molar-refractivity contribution >= 4 is 40.0 Å². The Balaban J connectivity index is 1.43. The minimum atomic E-state index is -0.463. The van der Waals surface area contributed by atoms with E-state index in [-0.39, 0.29) is 18.2 Å². The SMILES string of the molecule is COc1ccc(NC(=O)C2CSCN2C(=O)Cc2ccc3ccccc3c2)cc1. The number of thioether (sulfide) groups is 1. The average molecular weight is 407 g/mol. The molecule has 1 heterocycles. The van der Waals surface area contributed by atoms with Gasteiger partial charge in [0.2, 0.25) is 11.8 Å². The van der Waals surface area contributed by atoms with Gasteiger partial charge in [-0.15, -0.1) is 11.8 Å². The minimum Gasteiger partial charge on any atom is -0.497 e. The molecule has 3 aromatic carbocycles. The summed E-state index contributed by atoms with van der Waals surface area (Å²) in [6, 6.07) is 20.9. The van der Waals surface area contributed by atoms with Gasteiger partial charge in [0.15, 0.2) is 0 Å². The van der Waals surface area contributed by atoms with Crippen molar-refractivity contribution in [1.82, 2.24) is 4.90 Å². The van der Waals surface area contributed by atoms with E-state index in [9.17, 15) is 9.59 Å². The minimum absolute atomic E-state index is 0.0276. The lowest BCUT2D eigenvalue weighted by atomic mass is 10.0. The first-order valence-electron chi connectivity index (χ1n) is 9.44. The summed E-state index contributed by atoms with van der Waals surface area (Å²) in [5.74, 6) is 1.68. The van der Waals surface area contributed by atoms with Gasteiger partial charge in [-0.2, -0.15) is 0 Å². The molecule has 1 saturated heterocycles. The number of nitrogens with zero attached hydrogens (tertiary/aromatic N) is 1. The summed E-state index contributed by atoms with van der Waals surface area (Å²) in [4.78, 5) is 27.4. The molecule has 1 N–H and O–H groups in total. The summed E-state index contributed by atoms with van der Waals surface area (Å²) in [5.41, 5.74) is 1.65. The van der Waals surface area contributed by atoms with E-state index >= 15 is 0 Å². The zero-order chi connectivity index (χ0) is 20.2. The van der Waals surface area contributed by atoms with Crippen LogP contribution >= 0.6 is 11.8 Å². The highest BCUT2D eigenvalue weighted by molar-refractivity contribution is 7.99. The first kappa shape index (κ1) is 19.3. The van der Waals surface area contributed by atoms with Crippen LogP contribution in [0.3, 0.4) is 0 Å². The molecule has 0 aliphatic carbocycles. The molecule has 1 aliphatic heterocycles. The quantitative estimate of drug-likeness (QED) is 0.698. The molecular weight excluding hydrogens is 384 g/mol. The number of rotatable bonds is 5. The molecule has 4 rings (SSSR count). The normalized spacial score (nSPS) is 16.0. The van der Waals surface area contributed by atoms with Crippen LogP contribution in [0.2, 0.25) is 0 Å². The van der Waals surface area contributed by atoms with Crippen molar-refractivity contribution < 1.29 is 14.3 Å². The number of hydrogen-bond acceptors (Lipinski definition) is 4. The van der Waals surface area contributed by atoms with Crippen LogP contribution in [0.15, 0.2) is 66.7 Å². The summed E-state index contributed by atoms with van der Waals surface area (Å²) in [6.45, 7) is 0. The van der Waals surface area contributed by atoms with Crippen LogP contribution in [0.1, 0.15) is 5.56 Å². The predicted octanol–water partition coefficient (Wildman–Crippen LogP) is 3.93. The van der Waals surface area contributed by atoms with Gasteiger partial charge in [0.05, 0.1) is 19.4 Å². The third-order valence-electron chi connectivity index (χ3n) is 5.03. The maximum Gasteiger partial charge on any atom is 0.248 e. The smallest absolute Gasteiger partial charge is 0.248 e. The number of hydrogen-bond donors (Lipinski definition) is 1. The molecule has 1 atom stereocenters. The number of anilines is 1. The number of fused-ring (bicyclic) bond motifs is 1. The summed E-state index contributed by atoms with van der Waals surface area (Å²) < 4.78 is 5.14. The van der Waals surface area contributed by atoms with Crippen molar-refractivity contribution in [2.24, 2.45) is 0 Å². The zero-order valence-corrected chi connectivity index (χ0v) is 16.9. The number of ether oxygens (including phenoxy) is 1. The Bertz CT molecular complexity index is 1040. The van der Waals surface area contributed by atoms with Crippen LogP contribution in [-0.4, -0.2) is 41.5 Å². The first-order valence-corrected chi connectivity index (χ1v) is 10.6. The van der Waals surface area contributed by atoms with Gasteiger partial charge in [0.25, 0.3) is 0 Å². The van der Waals surface area contributed by atoms with E-state index in [1.54, 1.807) is 48.0 Å². The molecule has 2 amide bonds. The molecule has 1 fully saturated rings. The number of benzene rings is 3. The Kier molecular flexibility index (Phi) is 5.71. The Hall–Kier alpha value is -2.99. The van der Waals surface area contributed by atoms with Crippen molar-refractivity contribution in [3.8, 4) is 5.75 Å². The van der Waals surface area contributed by atoms with Crippen LogP contribution < -0.4 is 10.1 Å². The van der Waals surface area contributed by atoms with E-state index < -0.39 is 6.04 Å². The highest BCUT2D eigenvalue weighted by Gasteiger charge is 2.34. The standard InChI is InChI=1S/C23H22N2O3S/c1-28-20-10-8-19(9-11-20)24-23(27)21-14-29-15-25(21)22(26)13-16-6-7-17-4-2-3-5-18(17)12-16/h2-12,21H,13-15H2,1H3,(H,24,27). The molecule has 5 nitrogen and oxygen atoms in total. The van der Waals surface area contributed by atoms with E-state index in [0.717, 1.165) is 22.1 Å². The van der Waals surface area contributed by atoms with Crippen molar-refractivity contribution in [2.45, 2.75) is 12.5 Å². The van der Waals surface area contributed by atoms with Crippen LogP contribution in [0.4, 0.5) is 5.69 Å². The number of carbonyl (C=O) groups excluding carboxylic acids is 2. The molecule has 1 aliphatic rings. The molecule has 148 valence electrons. The first-order chi connectivity index (χ1) is 14.1. The Morgan fingerprint density at radius 2 is 1.83 bits per heavy atom. The lowest BCUT2D eigenvalue weighted by Crippen LogP contribution is -2.45. The fourth-order valence-electron chi connectivity index (χ4n) is 3.43. The number of nitrogens with one attached hydrogen (secondary N) is 1. The topological polar surface area (TPSA) is 58.6 Å². The lowest BCUT2D eigenvalue weighted by molar-refractivity contribution is -0.135. The Morgan fingerprint density at radius 3 is 2.59 bits per heavy atom. The molecular formula is C23H22N2O3S. The van der Waals surface area contributed by atoms with Gasteiger partial charge in [-0.3, -0.25) is 9.59 Å². The molecule has 0 spiro atoms. The van der Waals surface area contributed by atoms with E-state index in [2.05, 4.69) is 11.4 Å². The van der Waals surface area contributed by atoms with Gasteiger partial charge in [-0.1, -0.05) is 42.5 Å². The van der Waals surface area contributed by atoms with E-state index in [4.69, 9.17) is 4.74 Å². The molecule has 1 unspecified atom stereocenters. The largest absolute Gasteiger partial charge is 0.497 e. The van der Waals surface area contributed by atoms with Crippen molar-refractivity contribution in [1.29, 1.82) is 0 Å². The molecule has 6 heteroatoms. The number of methoxy groups -OCH3 is 1. The number of amides is 2. The summed E-state index contributed by atoms with van der Waals surface area (Å²) >= 11 is 1.60. The lowest BCUT2D eigenvalue weighted by Gasteiger charge is -2.23. The van der Waals surface area contributed by atoms with E-state index in [1.807, 2.05) is 36.4 Å². The monoisotopic (exact) mass is 406 g/mol. The third-order valence-corrected chi connectivity index (χ3v) is 6.04. The van der Waals surface area contributed by atoms with Gasteiger partial charge in [-0.25, -0.2) is 0 Å². The summed E-state index contributed by atoms with van der Waals surface area (Å²) in [7, 11) is 1.60. The zero-order valence-electron chi connectivity index (χ0n) is 16.1. The maximum atomic E-state index is 12.9. The van der Waals surface area contributed by atoms with Gasteiger partial charge in [0, 0.05) is 11.4 Å². The molecule has 0 bridgehead atoms. The van der Waals surface area contributed by atoms with E-state index in [0.29, 0.717) is 17.3 Å². The van der Waals surface area contributed by atoms with Gasteiger partial charge >= 0.3 is 0 Å². The summed E-state index contributed by atoms with van der Waals surface area (Å²) in [6.07, 6.45) is 0.289. The van der Waals surface area contributed by atoms with Crippen molar-refractivity contribution in [3.05, 3.63) is 72.3 Å². The molecule has 0 radical (unpaired) electrons. The summed E-state index contributed by atoms with van der Waals surface area (Å²) in [5, 5.41) is 5.17. The van der Waals surface area contributed by atoms with Crippen molar-refractivity contribution in [2.75, 3.05) is 24.1 Å². The Labute approximate surface area is 174 Å². The third kappa shape index (κ3) is 4.38. The molecule has 0 saturated carbocycles. The van der Waals surface area contributed by atoms with Crippen molar-refractivity contribution in [3.63, 3.8) is 0 Å². The number of carbonyl (C=O) groups is 2. The second kappa shape index (κ2) is 8.57. The van der Waals surface area contributed by atoms with Gasteiger partial charge < -0.3 is 15.0 Å². The van der Waals surface area contributed by atoms with Gasteiger partial charge in [0.1, 0.15) is 11.8 Å². The fraction of sp³-hybridized carbons (Fsp3) is 0.217. The molecule has 3 aromatic rings. The average Bonchev–Trinajstić information content (AvgIpc) is 3.24. The molecule has 0 aromatic heterocycles. The van der Waals surface area contributed by atoms with E-state index in [1.165, 1.54) is 0 Å². The second-order valence-corrected chi connectivity index (χ2v) is 7.96. The van der Waals surface area contributed by atoms with Crippen LogP contribution in [0.25, 0.3) is 10.8 Å². The second-order valence-electron chi connectivity index (χ2n) is 6.96. The fourth-order valence-corrected chi connectivity index (χ4v) is 4.61.